The number of aromatic nitrogens is 3. The van der Waals surface area contributed by atoms with Gasteiger partial charge in [-0.1, -0.05) is 23.4 Å². The molecule has 1 saturated heterocycles. The predicted octanol–water partition coefficient (Wildman–Crippen LogP) is 3.46. The first-order chi connectivity index (χ1) is 13.1. The number of rotatable bonds is 4. The Morgan fingerprint density at radius 1 is 1.41 bits per heavy atom. The lowest BCUT2D eigenvalue weighted by Gasteiger charge is -2.32. The lowest BCUT2D eigenvalue weighted by Crippen LogP contribution is -2.40. The Labute approximate surface area is 156 Å². The standard InChI is InChI=1S/C20H21FN4O2/c1-13-9-18(27-24-13)16-11-22-23-20(16)15-6-4-8-25(12-15)19(26)10-14-5-2-3-7-17(14)21/h2-3,5,7,9,11,15H,4,6,8,10,12H2,1H3,(H,22,23)/t15-/m1/s1. The maximum absolute atomic E-state index is 13.9. The molecule has 1 N–H and O–H groups in total. The minimum Gasteiger partial charge on any atom is -0.356 e. The summed E-state index contributed by atoms with van der Waals surface area (Å²) in [6, 6.07) is 8.30. The van der Waals surface area contributed by atoms with Crippen LogP contribution in [0.5, 0.6) is 0 Å². The van der Waals surface area contributed by atoms with Gasteiger partial charge < -0.3 is 9.42 Å². The second-order valence-electron chi connectivity index (χ2n) is 6.98. The SMILES string of the molecule is Cc1cc(-c2cn[nH]c2[C@@H]2CCCN(C(=O)Cc3ccccc3F)C2)on1. The molecule has 1 atom stereocenters. The lowest BCUT2D eigenvalue weighted by molar-refractivity contribution is -0.131. The van der Waals surface area contributed by atoms with Gasteiger partial charge in [0.15, 0.2) is 5.76 Å². The van der Waals surface area contributed by atoms with Crippen LogP contribution in [0.15, 0.2) is 41.1 Å². The van der Waals surface area contributed by atoms with Crippen molar-refractivity contribution in [3.8, 4) is 11.3 Å². The fraction of sp³-hybridized carbons (Fsp3) is 0.350. The number of hydrogen-bond donors (Lipinski definition) is 1. The van der Waals surface area contributed by atoms with E-state index in [9.17, 15) is 9.18 Å². The molecule has 27 heavy (non-hydrogen) atoms. The van der Waals surface area contributed by atoms with Crippen LogP contribution in [-0.2, 0) is 11.2 Å². The van der Waals surface area contributed by atoms with E-state index in [1.54, 1.807) is 24.4 Å². The highest BCUT2D eigenvalue weighted by atomic mass is 19.1. The number of halogens is 1. The monoisotopic (exact) mass is 368 g/mol. The number of carbonyl (C=O) groups is 1. The van der Waals surface area contributed by atoms with E-state index in [0.29, 0.717) is 24.4 Å². The number of hydrogen-bond acceptors (Lipinski definition) is 4. The number of aromatic amines is 1. The summed E-state index contributed by atoms with van der Waals surface area (Å²) in [5, 5.41) is 11.2. The van der Waals surface area contributed by atoms with Gasteiger partial charge in [-0.2, -0.15) is 5.10 Å². The molecule has 1 amide bonds. The van der Waals surface area contributed by atoms with Gasteiger partial charge in [0.2, 0.25) is 5.91 Å². The van der Waals surface area contributed by atoms with Crippen LogP contribution in [-0.4, -0.2) is 39.3 Å². The Hall–Kier alpha value is -2.96. The van der Waals surface area contributed by atoms with Gasteiger partial charge in [-0.15, -0.1) is 0 Å². The van der Waals surface area contributed by atoms with Crippen LogP contribution in [0, 0.1) is 12.7 Å². The molecule has 0 saturated carbocycles. The van der Waals surface area contributed by atoms with Gasteiger partial charge in [-0.3, -0.25) is 9.89 Å². The number of nitrogens with zero attached hydrogens (tertiary/aromatic N) is 3. The highest BCUT2D eigenvalue weighted by Gasteiger charge is 2.28. The van der Waals surface area contributed by atoms with Crippen LogP contribution in [0.3, 0.4) is 0 Å². The third kappa shape index (κ3) is 3.63. The van der Waals surface area contributed by atoms with E-state index in [4.69, 9.17) is 4.52 Å². The second kappa shape index (κ2) is 7.34. The van der Waals surface area contributed by atoms with E-state index in [1.807, 2.05) is 17.9 Å². The van der Waals surface area contributed by atoms with E-state index in [0.717, 1.165) is 29.8 Å². The van der Waals surface area contributed by atoms with E-state index < -0.39 is 0 Å². The Morgan fingerprint density at radius 3 is 3.04 bits per heavy atom. The number of likely N-dealkylation sites (tertiary alicyclic amines) is 1. The second-order valence-corrected chi connectivity index (χ2v) is 6.98. The molecule has 1 fully saturated rings. The van der Waals surface area contributed by atoms with Gasteiger partial charge in [0.1, 0.15) is 5.82 Å². The van der Waals surface area contributed by atoms with Gasteiger partial charge >= 0.3 is 0 Å². The minimum absolute atomic E-state index is 0.0543. The molecule has 6 nitrogen and oxygen atoms in total. The highest BCUT2D eigenvalue weighted by molar-refractivity contribution is 5.79. The first kappa shape index (κ1) is 17.5. The van der Waals surface area contributed by atoms with Gasteiger partial charge in [-0.05, 0) is 31.4 Å². The number of benzene rings is 1. The summed E-state index contributed by atoms with van der Waals surface area (Å²) in [6.45, 7) is 3.14. The molecule has 4 rings (SSSR count). The quantitative estimate of drug-likeness (QED) is 0.765. The number of H-pyrrole nitrogens is 1. The van der Waals surface area contributed by atoms with Crippen molar-refractivity contribution < 1.29 is 13.7 Å². The van der Waals surface area contributed by atoms with Crippen molar-refractivity contribution in [1.29, 1.82) is 0 Å². The molecule has 0 spiro atoms. The van der Waals surface area contributed by atoms with E-state index in [-0.39, 0.29) is 24.1 Å². The van der Waals surface area contributed by atoms with Crippen molar-refractivity contribution in [1.82, 2.24) is 20.3 Å². The zero-order chi connectivity index (χ0) is 18.8. The van der Waals surface area contributed by atoms with Crippen molar-refractivity contribution in [2.24, 2.45) is 0 Å². The Kier molecular flexibility index (Phi) is 4.75. The lowest BCUT2D eigenvalue weighted by atomic mass is 9.91. The minimum atomic E-state index is -0.337. The molecule has 2 aromatic heterocycles. The fourth-order valence-corrected chi connectivity index (χ4v) is 3.65. The van der Waals surface area contributed by atoms with E-state index in [2.05, 4.69) is 15.4 Å². The van der Waals surface area contributed by atoms with Crippen LogP contribution >= 0.6 is 0 Å². The molecule has 0 aliphatic carbocycles. The number of nitrogens with one attached hydrogen (secondary N) is 1. The average molecular weight is 368 g/mol. The van der Waals surface area contributed by atoms with Crippen molar-refractivity contribution >= 4 is 5.91 Å². The molecular weight excluding hydrogens is 347 g/mol. The van der Waals surface area contributed by atoms with Crippen LogP contribution in [0.4, 0.5) is 4.39 Å². The third-order valence-corrected chi connectivity index (χ3v) is 5.04. The molecular formula is C20H21FN4O2. The molecule has 0 bridgehead atoms. The molecule has 140 valence electrons. The summed E-state index contributed by atoms with van der Waals surface area (Å²) >= 11 is 0. The normalized spacial score (nSPS) is 17.3. The summed E-state index contributed by atoms with van der Waals surface area (Å²) < 4.78 is 19.2. The van der Waals surface area contributed by atoms with Gasteiger partial charge in [-0.25, -0.2) is 4.39 Å². The maximum Gasteiger partial charge on any atom is 0.227 e. The van der Waals surface area contributed by atoms with E-state index in [1.165, 1.54) is 6.07 Å². The van der Waals surface area contributed by atoms with Crippen molar-refractivity contribution in [3.05, 3.63) is 59.3 Å². The zero-order valence-electron chi connectivity index (χ0n) is 15.1. The molecule has 3 aromatic rings. The van der Waals surface area contributed by atoms with Gasteiger partial charge in [0, 0.05) is 25.1 Å². The van der Waals surface area contributed by atoms with Gasteiger partial charge in [0.25, 0.3) is 0 Å². The topological polar surface area (TPSA) is 75.0 Å². The average Bonchev–Trinajstić information content (AvgIpc) is 3.32. The summed E-state index contributed by atoms with van der Waals surface area (Å²) in [6.07, 6.45) is 3.65. The molecule has 3 heterocycles. The van der Waals surface area contributed by atoms with Crippen LogP contribution in [0.2, 0.25) is 0 Å². The zero-order valence-corrected chi connectivity index (χ0v) is 15.1. The van der Waals surface area contributed by atoms with Crippen molar-refractivity contribution in [3.63, 3.8) is 0 Å². The van der Waals surface area contributed by atoms with Crippen LogP contribution < -0.4 is 0 Å². The summed E-state index contributed by atoms with van der Waals surface area (Å²) in [5.41, 5.74) is 3.07. The number of amides is 1. The first-order valence-corrected chi connectivity index (χ1v) is 9.10. The van der Waals surface area contributed by atoms with E-state index >= 15 is 0 Å². The number of piperidine rings is 1. The Morgan fingerprint density at radius 2 is 2.26 bits per heavy atom. The number of carbonyl (C=O) groups excluding carboxylic acids is 1. The molecule has 0 unspecified atom stereocenters. The Balaban J connectivity index is 1.50. The summed E-state index contributed by atoms with van der Waals surface area (Å²) in [4.78, 5) is 14.5. The van der Waals surface area contributed by atoms with Crippen molar-refractivity contribution in [2.45, 2.75) is 32.1 Å². The highest BCUT2D eigenvalue weighted by Crippen LogP contribution is 2.33. The molecule has 0 radical (unpaired) electrons. The van der Waals surface area contributed by atoms with Crippen molar-refractivity contribution in [2.75, 3.05) is 13.1 Å². The summed E-state index contributed by atoms with van der Waals surface area (Å²) in [5.74, 6) is 0.412. The Bertz CT molecular complexity index is 949. The molecule has 1 aromatic carbocycles. The fourth-order valence-electron chi connectivity index (χ4n) is 3.65. The third-order valence-electron chi connectivity index (χ3n) is 5.04. The molecule has 1 aliphatic rings. The molecule has 7 heteroatoms. The van der Waals surface area contributed by atoms with Crippen LogP contribution in [0.25, 0.3) is 11.3 Å². The number of aryl methyl sites for hydroxylation is 1. The van der Waals surface area contributed by atoms with Gasteiger partial charge in [0.05, 0.1) is 29.6 Å². The molecule has 1 aliphatic heterocycles. The largest absolute Gasteiger partial charge is 0.356 e. The van der Waals surface area contributed by atoms with Crippen LogP contribution in [0.1, 0.15) is 35.7 Å². The first-order valence-electron chi connectivity index (χ1n) is 9.10. The predicted molar refractivity (Wildman–Crippen MR) is 97.5 cm³/mol. The maximum atomic E-state index is 13.9. The smallest absolute Gasteiger partial charge is 0.227 e. The summed E-state index contributed by atoms with van der Waals surface area (Å²) in [7, 11) is 0.